The summed E-state index contributed by atoms with van der Waals surface area (Å²) in [6.07, 6.45) is 0. The average Bonchev–Trinajstić information content (AvgIpc) is 2.28. The van der Waals surface area contributed by atoms with Crippen LogP contribution in [0.4, 0.5) is 14.5 Å². The second kappa shape index (κ2) is 7.33. The van der Waals surface area contributed by atoms with Gasteiger partial charge in [-0.3, -0.25) is 4.79 Å². The number of carbonyl (C=O) groups excluding carboxylic acids is 1. The Balaban J connectivity index is 2.63. The summed E-state index contributed by atoms with van der Waals surface area (Å²) >= 11 is 0.423. The molecule has 0 aromatic heterocycles. The summed E-state index contributed by atoms with van der Waals surface area (Å²) in [6.45, 7) is 4.01. The third kappa shape index (κ3) is 5.46. The Hall–Kier alpha value is -1.14. The molecule has 100 valence electrons. The zero-order valence-electron chi connectivity index (χ0n) is 10.2. The van der Waals surface area contributed by atoms with Crippen molar-refractivity contribution in [2.24, 2.45) is 0 Å². The van der Waals surface area contributed by atoms with Gasteiger partial charge in [0.15, 0.2) is 0 Å². The average molecular weight is 274 g/mol. The number of carbonyl (C=O) groups is 1. The van der Waals surface area contributed by atoms with Gasteiger partial charge in [-0.15, -0.1) is 0 Å². The van der Waals surface area contributed by atoms with Gasteiger partial charge >= 0.3 is 0 Å². The first-order valence-corrected chi connectivity index (χ1v) is 6.44. The number of hydrogen-bond donors (Lipinski definition) is 2. The van der Waals surface area contributed by atoms with Gasteiger partial charge in [0.25, 0.3) is 5.76 Å². The Labute approximate surface area is 109 Å². The van der Waals surface area contributed by atoms with Crippen LogP contribution in [0.25, 0.3) is 0 Å². The Kier molecular flexibility index (Phi) is 6.07. The van der Waals surface area contributed by atoms with Crippen molar-refractivity contribution < 1.29 is 13.6 Å². The number of nitrogens with one attached hydrogen (secondary N) is 2. The van der Waals surface area contributed by atoms with Crippen LogP contribution in [0.3, 0.4) is 0 Å². The predicted octanol–water partition coefficient (Wildman–Crippen LogP) is 2.94. The van der Waals surface area contributed by atoms with Crippen molar-refractivity contribution in [3.05, 3.63) is 24.3 Å². The number of para-hydroxylation sites is 1. The van der Waals surface area contributed by atoms with Gasteiger partial charge < -0.3 is 10.6 Å². The summed E-state index contributed by atoms with van der Waals surface area (Å²) in [5.41, 5.74) is 0.415. The summed E-state index contributed by atoms with van der Waals surface area (Å²) in [5, 5.41) is 5.57. The number of alkyl halides is 2. The molecule has 0 aliphatic rings. The third-order valence-corrected chi connectivity index (χ3v) is 2.84. The van der Waals surface area contributed by atoms with Crippen LogP contribution >= 0.6 is 11.8 Å². The monoisotopic (exact) mass is 274 g/mol. The molecule has 0 aliphatic carbocycles. The van der Waals surface area contributed by atoms with Gasteiger partial charge in [0.2, 0.25) is 5.91 Å². The summed E-state index contributed by atoms with van der Waals surface area (Å²) in [5.74, 6) is -2.75. The number of rotatable bonds is 6. The SMILES string of the molecule is CC(C)NCC(=O)Nc1ccccc1SC(F)F. The van der Waals surface area contributed by atoms with Crippen molar-refractivity contribution in [2.75, 3.05) is 11.9 Å². The molecule has 1 aromatic carbocycles. The van der Waals surface area contributed by atoms with Crippen LogP contribution in [0.5, 0.6) is 0 Å². The minimum Gasteiger partial charge on any atom is -0.324 e. The van der Waals surface area contributed by atoms with Gasteiger partial charge in [-0.2, -0.15) is 8.78 Å². The molecule has 1 rings (SSSR count). The molecule has 0 saturated carbocycles. The topological polar surface area (TPSA) is 41.1 Å². The third-order valence-electron chi connectivity index (χ3n) is 2.05. The number of thioether (sulfide) groups is 1. The molecule has 1 amide bonds. The highest BCUT2D eigenvalue weighted by molar-refractivity contribution is 7.99. The molecule has 0 aliphatic heterocycles. The second-order valence-corrected chi connectivity index (χ2v) is 4.99. The standard InChI is InChI=1S/C12H16F2N2OS/c1-8(2)15-7-11(17)16-9-5-3-4-6-10(9)18-12(13)14/h3-6,8,12,15H,7H2,1-2H3,(H,16,17). The summed E-state index contributed by atoms with van der Waals surface area (Å²) in [7, 11) is 0. The lowest BCUT2D eigenvalue weighted by molar-refractivity contribution is -0.115. The lowest BCUT2D eigenvalue weighted by Gasteiger charge is -2.11. The molecular weight excluding hydrogens is 258 g/mol. The molecule has 1 aromatic rings. The molecule has 0 bridgehead atoms. The van der Waals surface area contributed by atoms with Gasteiger partial charge in [-0.1, -0.05) is 37.7 Å². The minimum atomic E-state index is -2.50. The number of benzene rings is 1. The van der Waals surface area contributed by atoms with Crippen molar-refractivity contribution in [2.45, 2.75) is 30.5 Å². The Bertz CT molecular complexity index is 399. The first kappa shape index (κ1) is 14.9. The maximum absolute atomic E-state index is 12.3. The van der Waals surface area contributed by atoms with Crippen molar-refractivity contribution in [3.8, 4) is 0 Å². The smallest absolute Gasteiger partial charge is 0.288 e. The van der Waals surface area contributed by atoms with Gasteiger partial charge in [0, 0.05) is 10.9 Å². The highest BCUT2D eigenvalue weighted by Gasteiger charge is 2.11. The van der Waals surface area contributed by atoms with E-state index in [4.69, 9.17) is 0 Å². The maximum Gasteiger partial charge on any atom is 0.288 e. The van der Waals surface area contributed by atoms with Crippen LogP contribution in [0.15, 0.2) is 29.2 Å². The van der Waals surface area contributed by atoms with E-state index in [1.54, 1.807) is 24.3 Å². The van der Waals surface area contributed by atoms with Gasteiger partial charge in [0.1, 0.15) is 0 Å². The molecule has 0 fully saturated rings. The van der Waals surface area contributed by atoms with E-state index in [2.05, 4.69) is 10.6 Å². The quantitative estimate of drug-likeness (QED) is 0.784. The van der Waals surface area contributed by atoms with E-state index in [1.807, 2.05) is 13.8 Å². The normalized spacial score (nSPS) is 11.0. The molecule has 0 spiro atoms. The Morgan fingerprint density at radius 3 is 2.61 bits per heavy atom. The van der Waals surface area contributed by atoms with E-state index in [9.17, 15) is 13.6 Å². The fraction of sp³-hybridized carbons (Fsp3) is 0.417. The largest absolute Gasteiger partial charge is 0.324 e. The van der Waals surface area contributed by atoms with Crippen LogP contribution < -0.4 is 10.6 Å². The molecule has 2 N–H and O–H groups in total. The van der Waals surface area contributed by atoms with Crippen LogP contribution in [0.2, 0.25) is 0 Å². The molecule has 0 unspecified atom stereocenters. The highest BCUT2D eigenvalue weighted by atomic mass is 32.2. The molecule has 0 heterocycles. The van der Waals surface area contributed by atoms with Crippen LogP contribution in [-0.2, 0) is 4.79 Å². The van der Waals surface area contributed by atoms with E-state index in [0.717, 1.165) is 0 Å². The van der Waals surface area contributed by atoms with Crippen LogP contribution in [0.1, 0.15) is 13.8 Å². The molecule has 6 heteroatoms. The van der Waals surface area contributed by atoms with Crippen molar-refractivity contribution >= 4 is 23.4 Å². The maximum atomic E-state index is 12.3. The first-order chi connectivity index (χ1) is 8.49. The molecule has 0 saturated heterocycles. The Morgan fingerprint density at radius 1 is 1.33 bits per heavy atom. The van der Waals surface area contributed by atoms with E-state index < -0.39 is 5.76 Å². The number of anilines is 1. The van der Waals surface area contributed by atoms with Crippen LogP contribution in [-0.4, -0.2) is 24.3 Å². The fourth-order valence-electron chi connectivity index (χ4n) is 1.26. The van der Waals surface area contributed by atoms with Crippen molar-refractivity contribution in [1.82, 2.24) is 5.32 Å². The summed E-state index contributed by atoms with van der Waals surface area (Å²) in [4.78, 5) is 12.0. The number of hydrogen-bond acceptors (Lipinski definition) is 3. The van der Waals surface area contributed by atoms with Gasteiger partial charge in [-0.05, 0) is 12.1 Å². The minimum absolute atomic E-state index is 0.158. The van der Waals surface area contributed by atoms with Crippen molar-refractivity contribution in [3.63, 3.8) is 0 Å². The van der Waals surface area contributed by atoms with E-state index in [-0.39, 0.29) is 18.5 Å². The molecular formula is C12H16F2N2OS. The number of amides is 1. The molecule has 18 heavy (non-hydrogen) atoms. The molecule has 3 nitrogen and oxygen atoms in total. The molecule has 0 radical (unpaired) electrons. The summed E-state index contributed by atoms with van der Waals surface area (Å²) < 4.78 is 24.7. The fourth-order valence-corrected chi connectivity index (χ4v) is 1.86. The zero-order valence-corrected chi connectivity index (χ0v) is 11.1. The van der Waals surface area contributed by atoms with Gasteiger partial charge in [-0.25, -0.2) is 0 Å². The van der Waals surface area contributed by atoms with E-state index >= 15 is 0 Å². The lowest BCUT2D eigenvalue weighted by atomic mass is 10.3. The molecule has 0 atom stereocenters. The zero-order chi connectivity index (χ0) is 13.5. The number of halogens is 2. The second-order valence-electron chi connectivity index (χ2n) is 3.96. The van der Waals surface area contributed by atoms with Gasteiger partial charge in [0.05, 0.1) is 12.2 Å². The van der Waals surface area contributed by atoms with E-state index in [0.29, 0.717) is 22.3 Å². The Morgan fingerprint density at radius 2 is 2.00 bits per heavy atom. The highest BCUT2D eigenvalue weighted by Crippen LogP contribution is 2.31. The van der Waals surface area contributed by atoms with Crippen molar-refractivity contribution in [1.29, 1.82) is 0 Å². The summed E-state index contributed by atoms with van der Waals surface area (Å²) in [6, 6.07) is 6.72. The van der Waals surface area contributed by atoms with Crippen LogP contribution in [0, 0.1) is 0 Å². The van der Waals surface area contributed by atoms with E-state index in [1.165, 1.54) is 0 Å². The first-order valence-electron chi connectivity index (χ1n) is 5.56. The predicted molar refractivity (Wildman–Crippen MR) is 70.1 cm³/mol. The lowest BCUT2D eigenvalue weighted by Crippen LogP contribution is -2.32.